The van der Waals surface area contributed by atoms with E-state index in [1.165, 1.54) is 21.9 Å². The summed E-state index contributed by atoms with van der Waals surface area (Å²) in [5.41, 5.74) is 5.44. The smallest absolute Gasteiger partial charge is 0.280 e. The summed E-state index contributed by atoms with van der Waals surface area (Å²) >= 11 is 1.41. The van der Waals surface area contributed by atoms with Crippen LogP contribution in [0.4, 0.5) is 5.13 Å². The number of carbonyl (C=O) groups excluding carboxylic acids is 1. The van der Waals surface area contributed by atoms with Gasteiger partial charge in [-0.25, -0.2) is 4.98 Å². The fraction of sp³-hybridized carbons (Fsp3) is 0.156. The molecule has 5 rings (SSSR count). The van der Waals surface area contributed by atoms with Crippen LogP contribution in [0.5, 0.6) is 17.2 Å². The maximum atomic E-state index is 13.8. The van der Waals surface area contributed by atoms with E-state index in [9.17, 15) is 4.79 Å². The summed E-state index contributed by atoms with van der Waals surface area (Å²) in [6, 6.07) is 27.4. The molecule has 0 spiro atoms. The molecule has 5 aromatic rings. The Balaban J connectivity index is 1.50. The number of aryl methyl sites for hydroxylation is 1. The fourth-order valence-corrected chi connectivity index (χ4v) is 5.34. The van der Waals surface area contributed by atoms with Gasteiger partial charge >= 0.3 is 0 Å². The molecule has 1 amide bonds. The van der Waals surface area contributed by atoms with Gasteiger partial charge in [0, 0.05) is 11.1 Å². The number of aromatic nitrogens is 1. The van der Waals surface area contributed by atoms with Gasteiger partial charge in [0.15, 0.2) is 11.5 Å². The molecular formula is C32H29N3O4S. The molecule has 0 bridgehead atoms. The van der Waals surface area contributed by atoms with Crippen LogP contribution in [0.25, 0.3) is 10.2 Å². The van der Waals surface area contributed by atoms with Crippen molar-refractivity contribution in [2.45, 2.75) is 13.3 Å². The van der Waals surface area contributed by atoms with E-state index in [1.54, 1.807) is 39.7 Å². The summed E-state index contributed by atoms with van der Waals surface area (Å²) in [4.78, 5) is 18.6. The second-order valence-electron chi connectivity index (χ2n) is 9.15. The van der Waals surface area contributed by atoms with Gasteiger partial charge in [-0.15, -0.1) is 0 Å². The molecule has 0 radical (unpaired) electrons. The van der Waals surface area contributed by atoms with E-state index < -0.39 is 0 Å². The average Bonchev–Trinajstić information content (AvgIpc) is 3.40. The summed E-state index contributed by atoms with van der Waals surface area (Å²) in [6.07, 6.45) is 2.37. The van der Waals surface area contributed by atoms with Gasteiger partial charge in [-0.05, 0) is 66.4 Å². The Morgan fingerprint density at radius 1 is 0.875 bits per heavy atom. The van der Waals surface area contributed by atoms with Gasteiger partial charge in [-0.1, -0.05) is 59.9 Å². The molecule has 7 nitrogen and oxygen atoms in total. The molecule has 40 heavy (non-hydrogen) atoms. The van der Waals surface area contributed by atoms with Crippen LogP contribution in [0.1, 0.15) is 32.6 Å². The molecule has 1 aromatic heterocycles. The van der Waals surface area contributed by atoms with Crippen molar-refractivity contribution in [1.29, 1.82) is 0 Å². The molecule has 0 N–H and O–H groups in total. The molecule has 202 valence electrons. The number of thiazole rings is 1. The second kappa shape index (κ2) is 12.0. The molecule has 0 aliphatic rings. The van der Waals surface area contributed by atoms with Crippen LogP contribution in [0, 0.1) is 6.92 Å². The van der Waals surface area contributed by atoms with Crippen LogP contribution >= 0.6 is 11.3 Å². The zero-order chi connectivity index (χ0) is 28.1. The van der Waals surface area contributed by atoms with Gasteiger partial charge in [0.1, 0.15) is 0 Å². The fourth-order valence-electron chi connectivity index (χ4n) is 4.32. The molecule has 0 aliphatic heterocycles. The summed E-state index contributed by atoms with van der Waals surface area (Å²) in [6.45, 7) is 2.03. The first kappa shape index (κ1) is 26.9. The van der Waals surface area contributed by atoms with Gasteiger partial charge in [0.25, 0.3) is 5.91 Å². The molecule has 0 unspecified atom stereocenters. The zero-order valence-corrected chi connectivity index (χ0v) is 23.6. The van der Waals surface area contributed by atoms with Crippen LogP contribution in [-0.4, -0.2) is 38.4 Å². The second-order valence-corrected chi connectivity index (χ2v) is 10.2. The van der Waals surface area contributed by atoms with Crippen molar-refractivity contribution in [3.8, 4) is 17.2 Å². The lowest BCUT2D eigenvalue weighted by molar-refractivity contribution is 0.0988. The van der Waals surface area contributed by atoms with Crippen molar-refractivity contribution in [2.24, 2.45) is 5.10 Å². The Kier molecular flexibility index (Phi) is 8.07. The Morgan fingerprint density at radius 3 is 2.20 bits per heavy atom. The highest BCUT2D eigenvalue weighted by Gasteiger charge is 2.22. The number of nitrogens with zero attached hydrogens (tertiary/aromatic N) is 3. The number of hydrogen-bond donors (Lipinski definition) is 0. The SMILES string of the molecule is COc1cc(/C=N/N(C(=O)c2ccc(Cc3ccccc3)cc2)c2nc3ccc(C)cc3s2)cc(OC)c1OC. The predicted molar refractivity (Wildman–Crippen MR) is 161 cm³/mol. The first-order valence-corrected chi connectivity index (χ1v) is 13.5. The minimum Gasteiger partial charge on any atom is -0.493 e. The number of benzene rings is 4. The van der Waals surface area contributed by atoms with Gasteiger partial charge < -0.3 is 14.2 Å². The molecule has 0 saturated carbocycles. The maximum absolute atomic E-state index is 13.8. The molecule has 0 saturated heterocycles. The minimum atomic E-state index is -0.286. The number of methoxy groups -OCH3 is 3. The molecule has 4 aromatic carbocycles. The van der Waals surface area contributed by atoms with Crippen LogP contribution < -0.4 is 19.2 Å². The number of amides is 1. The lowest BCUT2D eigenvalue weighted by atomic mass is 10.0. The molecule has 0 aliphatic carbocycles. The highest BCUT2D eigenvalue weighted by atomic mass is 32.1. The minimum absolute atomic E-state index is 0.286. The lowest BCUT2D eigenvalue weighted by Crippen LogP contribution is -2.25. The Labute approximate surface area is 237 Å². The normalized spacial score (nSPS) is 11.1. The molecule has 8 heteroatoms. The first-order chi connectivity index (χ1) is 19.5. The van der Waals surface area contributed by atoms with Crippen LogP contribution in [0.3, 0.4) is 0 Å². The van der Waals surface area contributed by atoms with E-state index >= 15 is 0 Å². The predicted octanol–water partition coefficient (Wildman–Crippen LogP) is 6.90. The number of ether oxygens (including phenoxy) is 3. The van der Waals surface area contributed by atoms with E-state index in [0.29, 0.717) is 33.5 Å². The summed E-state index contributed by atoms with van der Waals surface area (Å²) in [7, 11) is 4.66. The number of rotatable bonds is 9. The van der Waals surface area contributed by atoms with Crippen molar-refractivity contribution >= 4 is 38.8 Å². The Morgan fingerprint density at radius 2 is 1.55 bits per heavy atom. The van der Waals surface area contributed by atoms with E-state index in [2.05, 4.69) is 23.3 Å². The molecule has 0 fully saturated rings. The molecular weight excluding hydrogens is 522 g/mol. The summed E-state index contributed by atoms with van der Waals surface area (Å²) in [5, 5.41) is 6.43. The van der Waals surface area contributed by atoms with E-state index in [1.807, 2.05) is 61.5 Å². The van der Waals surface area contributed by atoms with Gasteiger partial charge in [0.2, 0.25) is 10.9 Å². The number of anilines is 1. The monoisotopic (exact) mass is 551 g/mol. The van der Waals surface area contributed by atoms with E-state index in [4.69, 9.17) is 19.2 Å². The van der Waals surface area contributed by atoms with Crippen molar-refractivity contribution < 1.29 is 19.0 Å². The van der Waals surface area contributed by atoms with Gasteiger partial charge in [0.05, 0.1) is 37.8 Å². The molecule has 1 heterocycles. The van der Waals surface area contributed by atoms with Crippen LogP contribution in [0.15, 0.2) is 90.0 Å². The van der Waals surface area contributed by atoms with Crippen LogP contribution in [-0.2, 0) is 6.42 Å². The molecule has 0 atom stereocenters. The van der Waals surface area contributed by atoms with Crippen molar-refractivity contribution in [1.82, 2.24) is 4.98 Å². The third kappa shape index (κ3) is 5.82. The zero-order valence-electron chi connectivity index (χ0n) is 22.8. The topological polar surface area (TPSA) is 73.2 Å². The standard InChI is InChI=1S/C32H29N3O4S/c1-21-10-15-26-29(16-21)40-32(34-26)35(33-20-24-18-27(37-2)30(39-4)28(19-24)38-3)31(36)25-13-11-23(12-14-25)17-22-8-6-5-7-9-22/h5-16,18-20H,17H2,1-4H3/b33-20+. The van der Waals surface area contributed by atoms with Crippen molar-refractivity contribution in [3.63, 3.8) is 0 Å². The Hall–Kier alpha value is -4.69. The van der Waals surface area contributed by atoms with Gasteiger partial charge in [-0.3, -0.25) is 4.79 Å². The summed E-state index contributed by atoms with van der Waals surface area (Å²) < 4.78 is 17.4. The lowest BCUT2D eigenvalue weighted by Gasteiger charge is -2.15. The Bertz CT molecular complexity index is 1640. The number of hydrogen-bond acceptors (Lipinski definition) is 7. The number of hydrazone groups is 1. The van der Waals surface area contributed by atoms with E-state index in [-0.39, 0.29) is 5.91 Å². The highest BCUT2D eigenvalue weighted by molar-refractivity contribution is 7.22. The quantitative estimate of drug-likeness (QED) is 0.147. The largest absolute Gasteiger partial charge is 0.493 e. The van der Waals surface area contributed by atoms with Crippen molar-refractivity contribution in [2.75, 3.05) is 26.3 Å². The maximum Gasteiger partial charge on any atom is 0.280 e. The van der Waals surface area contributed by atoms with Gasteiger partial charge in [-0.2, -0.15) is 10.1 Å². The number of carbonyl (C=O) groups is 1. The van der Waals surface area contributed by atoms with Crippen molar-refractivity contribution in [3.05, 3.63) is 113 Å². The first-order valence-electron chi connectivity index (χ1n) is 12.7. The third-order valence-electron chi connectivity index (χ3n) is 6.37. The number of fused-ring (bicyclic) bond motifs is 1. The van der Waals surface area contributed by atoms with E-state index in [0.717, 1.165) is 27.8 Å². The average molecular weight is 552 g/mol. The third-order valence-corrected chi connectivity index (χ3v) is 7.36. The highest BCUT2D eigenvalue weighted by Crippen LogP contribution is 2.38. The van der Waals surface area contributed by atoms with Crippen LogP contribution in [0.2, 0.25) is 0 Å². The summed E-state index contributed by atoms with van der Waals surface area (Å²) in [5.74, 6) is 1.18.